The Balaban J connectivity index is 1.72. The lowest BCUT2D eigenvalue weighted by molar-refractivity contribution is 0.0398. The van der Waals surface area contributed by atoms with Crippen molar-refractivity contribution in [2.45, 2.75) is 0 Å². The molecule has 7 heteroatoms. The van der Waals surface area contributed by atoms with Gasteiger partial charge in [0.1, 0.15) is 4.88 Å². The number of esters is 1. The van der Waals surface area contributed by atoms with E-state index in [9.17, 15) is 4.79 Å². The summed E-state index contributed by atoms with van der Waals surface area (Å²) >= 11 is 1.31. The second-order valence-corrected chi connectivity index (χ2v) is 4.93. The van der Waals surface area contributed by atoms with E-state index in [0.29, 0.717) is 4.88 Å². The largest absolute Gasteiger partial charge is 0.465 e. The van der Waals surface area contributed by atoms with Gasteiger partial charge >= 0.3 is 5.97 Å². The second kappa shape index (κ2) is 6.67. The minimum atomic E-state index is -0.339. The lowest BCUT2D eigenvalue weighted by atomic mass is 10.4. The Bertz CT molecular complexity index is 391. The molecule has 1 aliphatic heterocycles. The third-order valence-corrected chi connectivity index (χ3v) is 3.64. The van der Waals surface area contributed by atoms with Gasteiger partial charge in [-0.15, -0.1) is 0 Å². The normalized spacial score (nSPS) is 16.5. The average molecular weight is 271 g/mol. The Morgan fingerprint density at radius 3 is 3.11 bits per heavy atom. The van der Waals surface area contributed by atoms with Gasteiger partial charge in [0, 0.05) is 26.2 Å². The first-order valence-electron chi connectivity index (χ1n) is 5.87. The van der Waals surface area contributed by atoms with Crippen molar-refractivity contribution in [3.8, 4) is 0 Å². The quantitative estimate of drug-likeness (QED) is 0.794. The number of hydrogen-bond donors (Lipinski definition) is 1. The third-order valence-electron chi connectivity index (χ3n) is 2.70. The lowest BCUT2D eigenvalue weighted by Crippen LogP contribution is -2.38. The zero-order valence-electron chi connectivity index (χ0n) is 10.3. The molecule has 0 bridgehead atoms. The molecule has 0 radical (unpaired) electrons. The number of hydrogen-bond acceptors (Lipinski definition) is 7. The summed E-state index contributed by atoms with van der Waals surface area (Å²) in [5.41, 5.74) is 0. The second-order valence-electron chi connectivity index (χ2n) is 3.90. The highest BCUT2D eigenvalue weighted by molar-refractivity contribution is 7.17. The predicted molar refractivity (Wildman–Crippen MR) is 69.2 cm³/mol. The van der Waals surface area contributed by atoms with Crippen molar-refractivity contribution in [1.82, 2.24) is 9.88 Å². The summed E-state index contributed by atoms with van der Waals surface area (Å²) in [5, 5.41) is 3.96. The van der Waals surface area contributed by atoms with Crippen LogP contribution in [0.1, 0.15) is 9.67 Å². The van der Waals surface area contributed by atoms with Gasteiger partial charge in [0.15, 0.2) is 5.13 Å². The number of rotatable bonds is 5. The minimum Gasteiger partial charge on any atom is -0.465 e. The Hall–Kier alpha value is -1.18. The van der Waals surface area contributed by atoms with Crippen LogP contribution in [-0.2, 0) is 9.47 Å². The molecule has 0 aromatic carbocycles. The van der Waals surface area contributed by atoms with E-state index in [4.69, 9.17) is 4.74 Å². The molecule has 2 rings (SSSR count). The number of thiazole rings is 1. The number of nitrogens with zero attached hydrogens (tertiary/aromatic N) is 2. The molecular weight excluding hydrogens is 254 g/mol. The van der Waals surface area contributed by atoms with Gasteiger partial charge in [-0.3, -0.25) is 4.90 Å². The highest BCUT2D eigenvalue weighted by Crippen LogP contribution is 2.18. The van der Waals surface area contributed by atoms with Crippen molar-refractivity contribution >= 4 is 22.4 Å². The topological polar surface area (TPSA) is 63.7 Å². The van der Waals surface area contributed by atoms with Crippen LogP contribution in [0.3, 0.4) is 0 Å². The first kappa shape index (κ1) is 13.3. The molecule has 6 nitrogen and oxygen atoms in total. The number of nitrogens with one attached hydrogen (secondary N) is 1. The van der Waals surface area contributed by atoms with Crippen LogP contribution < -0.4 is 5.32 Å². The number of aromatic nitrogens is 1. The molecule has 0 aliphatic carbocycles. The van der Waals surface area contributed by atoms with Crippen molar-refractivity contribution in [3.63, 3.8) is 0 Å². The Morgan fingerprint density at radius 1 is 1.61 bits per heavy atom. The van der Waals surface area contributed by atoms with E-state index in [2.05, 4.69) is 19.9 Å². The molecule has 0 amide bonds. The molecule has 2 heterocycles. The summed E-state index contributed by atoms with van der Waals surface area (Å²) in [5.74, 6) is -0.339. The van der Waals surface area contributed by atoms with E-state index in [1.807, 2.05) is 0 Å². The van der Waals surface area contributed by atoms with Crippen LogP contribution in [0, 0.1) is 0 Å². The first-order valence-corrected chi connectivity index (χ1v) is 6.69. The van der Waals surface area contributed by atoms with Crippen LogP contribution >= 0.6 is 11.3 Å². The van der Waals surface area contributed by atoms with Crippen LogP contribution in [-0.4, -0.2) is 62.4 Å². The smallest absolute Gasteiger partial charge is 0.349 e. The monoisotopic (exact) mass is 271 g/mol. The standard InChI is InChI=1S/C11H17N3O3S/c1-16-10(15)9-8-13-11(18-9)12-2-3-14-4-6-17-7-5-14/h8H,2-7H2,1H3,(H,12,13). The maximum absolute atomic E-state index is 11.2. The molecule has 0 spiro atoms. The lowest BCUT2D eigenvalue weighted by Gasteiger charge is -2.26. The fraction of sp³-hybridized carbons (Fsp3) is 0.636. The molecule has 0 atom stereocenters. The summed E-state index contributed by atoms with van der Waals surface area (Å²) in [6.45, 7) is 5.35. The first-order chi connectivity index (χ1) is 8.79. The van der Waals surface area contributed by atoms with Gasteiger partial charge in [0.2, 0.25) is 0 Å². The highest BCUT2D eigenvalue weighted by Gasteiger charge is 2.12. The van der Waals surface area contributed by atoms with E-state index in [1.54, 1.807) is 0 Å². The summed E-state index contributed by atoms with van der Waals surface area (Å²) in [4.78, 5) is 18.2. The van der Waals surface area contributed by atoms with Crippen molar-refractivity contribution < 1.29 is 14.3 Å². The van der Waals surface area contributed by atoms with Crippen LogP contribution in [0.4, 0.5) is 5.13 Å². The molecule has 1 aromatic rings. The molecule has 100 valence electrons. The molecule has 1 fully saturated rings. The SMILES string of the molecule is COC(=O)c1cnc(NCCN2CCOCC2)s1. The highest BCUT2D eigenvalue weighted by atomic mass is 32.1. The van der Waals surface area contributed by atoms with E-state index in [1.165, 1.54) is 24.6 Å². The van der Waals surface area contributed by atoms with Gasteiger partial charge in [-0.1, -0.05) is 11.3 Å². The van der Waals surface area contributed by atoms with Gasteiger partial charge in [0.25, 0.3) is 0 Å². The van der Waals surface area contributed by atoms with E-state index < -0.39 is 0 Å². The minimum absolute atomic E-state index is 0.339. The molecule has 1 aromatic heterocycles. The fourth-order valence-corrected chi connectivity index (χ4v) is 2.46. The fourth-order valence-electron chi connectivity index (χ4n) is 1.70. The molecular formula is C11H17N3O3S. The molecule has 18 heavy (non-hydrogen) atoms. The van der Waals surface area contributed by atoms with Crippen molar-refractivity contribution in [2.24, 2.45) is 0 Å². The van der Waals surface area contributed by atoms with E-state index >= 15 is 0 Å². The van der Waals surface area contributed by atoms with E-state index in [-0.39, 0.29) is 5.97 Å². The predicted octanol–water partition coefficient (Wildman–Crippen LogP) is 0.674. The third kappa shape index (κ3) is 3.66. The molecule has 1 N–H and O–H groups in total. The maximum Gasteiger partial charge on any atom is 0.349 e. The number of methoxy groups -OCH3 is 1. The van der Waals surface area contributed by atoms with Gasteiger partial charge < -0.3 is 14.8 Å². The van der Waals surface area contributed by atoms with Crippen LogP contribution in [0.2, 0.25) is 0 Å². The van der Waals surface area contributed by atoms with Crippen molar-refractivity contribution in [3.05, 3.63) is 11.1 Å². The molecule has 0 unspecified atom stereocenters. The summed E-state index contributed by atoms with van der Waals surface area (Å²) in [6.07, 6.45) is 1.54. The van der Waals surface area contributed by atoms with Gasteiger partial charge in [-0.05, 0) is 0 Å². The summed E-state index contributed by atoms with van der Waals surface area (Å²) in [6, 6.07) is 0. The molecule has 1 saturated heterocycles. The van der Waals surface area contributed by atoms with Crippen LogP contribution in [0.5, 0.6) is 0 Å². The zero-order valence-corrected chi connectivity index (χ0v) is 11.2. The Labute approximate surface area is 110 Å². The number of ether oxygens (including phenoxy) is 2. The van der Waals surface area contributed by atoms with Crippen molar-refractivity contribution in [1.29, 1.82) is 0 Å². The average Bonchev–Trinajstić information content (AvgIpc) is 2.88. The van der Waals surface area contributed by atoms with Gasteiger partial charge in [0.05, 0.1) is 26.5 Å². The Morgan fingerprint density at radius 2 is 2.39 bits per heavy atom. The summed E-state index contributed by atoms with van der Waals surface area (Å²) < 4.78 is 9.91. The maximum atomic E-state index is 11.2. The number of anilines is 1. The number of morpholine rings is 1. The summed E-state index contributed by atoms with van der Waals surface area (Å²) in [7, 11) is 1.37. The van der Waals surface area contributed by atoms with Gasteiger partial charge in [-0.25, -0.2) is 9.78 Å². The zero-order chi connectivity index (χ0) is 12.8. The molecule has 1 aliphatic rings. The molecule has 0 saturated carbocycles. The van der Waals surface area contributed by atoms with Gasteiger partial charge in [-0.2, -0.15) is 0 Å². The number of carbonyl (C=O) groups is 1. The Kier molecular flexibility index (Phi) is 4.91. The number of carbonyl (C=O) groups excluding carboxylic acids is 1. The van der Waals surface area contributed by atoms with Crippen LogP contribution in [0.15, 0.2) is 6.20 Å². The van der Waals surface area contributed by atoms with Crippen molar-refractivity contribution in [2.75, 3.05) is 51.8 Å². The van der Waals surface area contributed by atoms with Crippen LogP contribution in [0.25, 0.3) is 0 Å². The van der Waals surface area contributed by atoms with E-state index in [0.717, 1.165) is 44.5 Å².